The zero-order chi connectivity index (χ0) is 23.4. The van der Waals surface area contributed by atoms with E-state index in [1.54, 1.807) is 36.5 Å². The second-order valence-corrected chi connectivity index (χ2v) is 7.98. The molecule has 0 spiro atoms. The summed E-state index contributed by atoms with van der Waals surface area (Å²) in [4.78, 5) is 23.6. The minimum absolute atomic E-state index is 0.0110. The van der Waals surface area contributed by atoms with Crippen molar-refractivity contribution in [2.45, 2.75) is 20.4 Å². The number of nitrogens with zero attached hydrogens (tertiary/aromatic N) is 3. The Bertz CT molecular complexity index is 1280. The van der Waals surface area contributed by atoms with Crippen molar-refractivity contribution < 1.29 is 23.0 Å². The summed E-state index contributed by atoms with van der Waals surface area (Å²) in [5.74, 6) is -0.891. The third-order valence-corrected chi connectivity index (χ3v) is 5.74. The lowest BCUT2D eigenvalue weighted by molar-refractivity contribution is 0.0984. The first-order valence-electron chi connectivity index (χ1n) is 10.4. The number of hydrogen-bond acceptors (Lipinski definition) is 6. The summed E-state index contributed by atoms with van der Waals surface area (Å²) in [6, 6.07) is 12.2. The number of halogens is 2. The zero-order valence-corrected chi connectivity index (χ0v) is 18.9. The van der Waals surface area contributed by atoms with Crippen molar-refractivity contribution in [3.05, 3.63) is 77.6 Å². The number of fused-ring (bicyclic) bond motifs is 1. The largest absolute Gasteiger partial charge is 0.490 e. The number of anilines is 1. The molecule has 4 rings (SSSR count). The van der Waals surface area contributed by atoms with Crippen molar-refractivity contribution >= 4 is 32.6 Å². The van der Waals surface area contributed by atoms with E-state index >= 15 is 0 Å². The molecule has 0 aliphatic heterocycles. The minimum atomic E-state index is -0.780. The fourth-order valence-electron chi connectivity index (χ4n) is 3.28. The number of benzene rings is 2. The van der Waals surface area contributed by atoms with E-state index in [-0.39, 0.29) is 23.1 Å². The highest BCUT2D eigenvalue weighted by molar-refractivity contribution is 7.22. The first kappa shape index (κ1) is 22.6. The number of ether oxygens (including phenoxy) is 2. The number of carbonyl (C=O) groups is 1. The van der Waals surface area contributed by atoms with E-state index in [0.717, 1.165) is 17.4 Å². The van der Waals surface area contributed by atoms with Crippen LogP contribution in [0.5, 0.6) is 11.5 Å². The number of aromatic nitrogens is 2. The highest BCUT2D eigenvalue weighted by Gasteiger charge is 2.24. The Morgan fingerprint density at radius 2 is 1.82 bits per heavy atom. The van der Waals surface area contributed by atoms with Crippen molar-refractivity contribution in [2.75, 3.05) is 18.1 Å². The normalized spacial score (nSPS) is 10.9. The average molecular weight is 470 g/mol. The van der Waals surface area contributed by atoms with Crippen molar-refractivity contribution in [3.63, 3.8) is 0 Å². The molecular weight excluding hydrogens is 448 g/mol. The van der Waals surface area contributed by atoms with Crippen LogP contribution in [0.15, 0.2) is 54.7 Å². The molecule has 170 valence electrons. The van der Waals surface area contributed by atoms with Crippen LogP contribution in [0.4, 0.5) is 13.9 Å². The highest BCUT2D eigenvalue weighted by atomic mass is 32.1. The molecule has 6 nitrogen and oxygen atoms in total. The Balaban J connectivity index is 1.77. The molecule has 0 atom stereocenters. The van der Waals surface area contributed by atoms with Gasteiger partial charge < -0.3 is 9.47 Å². The zero-order valence-electron chi connectivity index (χ0n) is 18.0. The van der Waals surface area contributed by atoms with Gasteiger partial charge in [-0.2, -0.15) is 0 Å². The third-order valence-electron chi connectivity index (χ3n) is 4.71. The van der Waals surface area contributed by atoms with E-state index in [0.29, 0.717) is 40.7 Å². The fraction of sp³-hybridized carbons (Fsp3) is 0.208. The molecule has 0 bridgehead atoms. The SMILES string of the molecule is CCOc1ccc(C(=O)N(Cc2ccccn2)c2nc3c(F)cc(F)cc3s2)cc1OCC. The second kappa shape index (κ2) is 9.91. The van der Waals surface area contributed by atoms with E-state index in [1.165, 1.54) is 11.0 Å². The average Bonchev–Trinajstić information content (AvgIpc) is 3.23. The van der Waals surface area contributed by atoms with Gasteiger partial charge in [0.05, 0.1) is 30.2 Å². The number of rotatable bonds is 8. The van der Waals surface area contributed by atoms with Crippen LogP contribution in [0.25, 0.3) is 10.2 Å². The molecule has 9 heteroatoms. The topological polar surface area (TPSA) is 64.5 Å². The van der Waals surface area contributed by atoms with Crippen LogP contribution in [0, 0.1) is 11.6 Å². The third kappa shape index (κ3) is 4.93. The van der Waals surface area contributed by atoms with Crippen LogP contribution < -0.4 is 14.4 Å². The predicted octanol–water partition coefficient (Wildman–Crippen LogP) is 5.61. The summed E-state index contributed by atoms with van der Waals surface area (Å²) in [5.41, 5.74) is 0.966. The lowest BCUT2D eigenvalue weighted by Crippen LogP contribution is -2.30. The molecule has 0 saturated heterocycles. The molecule has 4 aromatic rings. The fourth-order valence-corrected chi connectivity index (χ4v) is 4.28. The molecule has 0 aliphatic carbocycles. The van der Waals surface area contributed by atoms with Crippen LogP contribution in [0.2, 0.25) is 0 Å². The van der Waals surface area contributed by atoms with Gasteiger partial charge in [-0.15, -0.1) is 0 Å². The van der Waals surface area contributed by atoms with E-state index in [9.17, 15) is 13.6 Å². The van der Waals surface area contributed by atoms with E-state index < -0.39 is 11.6 Å². The highest BCUT2D eigenvalue weighted by Crippen LogP contribution is 2.34. The lowest BCUT2D eigenvalue weighted by atomic mass is 10.1. The number of pyridine rings is 1. The molecule has 0 unspecified atom stereocenters. The molecule has 33 heavy (non-hydrogen) atoms. The van der Waals surface area contributed by atoms with E-state index in [1.807, 2.05) is 19.9 Å². The maximum Gasteiger partial charge on any atom is 0.260 e. The molecule has 2 heterocycles. The maximum absolute atomic E-state index is 14.3. The van der Waals surface area contributed by atoms with Crippen LogP contribution in [-0.4, -0.2) is 29.1 Å². The van der Waals surface area contributed by atoms with Crippen LogP contribution in [-0.2, 0) is 6.54 Å². The van der Waals surface area contributed by atoms with Gasteiger partial charge in [0.15, 0.2) is 22.4 Å². The summed E-state index contributed by atoms with van der Waals surface area (Å²) in [7, 11) is 0. The number of amides is 1. The summed E-state index contributed by atoms with van der Waals surface area (Å²) in [5, 5.41) is 0.233. The van der Waals surface area contributed by atoms with Gasteiger partial charge in [0.2, 0.25) is 0 Å². The summed E-state index contributed by atoms with van der Waals surface area (Å²) >= 11 is 1.03. The Morgan fingerprint density at radius 3 is 2.55 bits per heavy atom. The molecule has 0 aliphatic rings. The Hall–Kier alpha value is -3.59. The Morgan fingerprint density at radius 1 is 1.03 bits per heavy atom. The van der Waals surface area contributed by atoms with Crippen molar-refractivity contribution in [2.24, 2.45) is 0 Å². The molecule has 0 saturated carbocycles. The summed E-state index contributed by atoms with van der Waals surface area (Å²) in [6.45, 7) is 4.65. The number of thiazole rings is 1. The maximum atomic E-state index is 14.3. The van der Waals surface area contributed by atoms with Crippen molar-refractivity contribution in [1.82, 2.24) is 9.97 Å². The molecular formula is C24H21F2N3O3S. The van der Waals surface area contributed by atoms with Crippen LogP contribution >= 0.6 is 11.3 Å². The summed E-state index contributed by atoms with van der Waals surface area (Å²) in [6.07, 6.45) is 1.62. The van der Waals surface area contributed by atoms with Gasteiger partial charge in [0.25, 0.3) is 5.91 Å². The van der Waals surface area contributed by atoms with E-state index in [4.69, 9.17) is 9.47 Å². The molecule has 0 radical (unpaired) electrons. The number of carbonyl (C=O) groups excluding carboxylic acids is 1. The van der Waals surface area contributed by atoms with Gasteiger partial charge in [-0.1, -0.05) is 17.4 Å². The van der Waals surface area contributed by atoms with Crippen molar-refractivity contribution in [3.8, 4) is 11.5 Å². The van der Waals surface area contributed by atoms with Gasteiger partial charge in [0.1, 0.15) is 11.3 Å². The van der Waals surface area contributed by atoms with Gasteiger partial charge >= 0.3 is 0 Å². The molecule has 0 fully saturated rings. The van der Waals surface area contributed by atoms with Gasteiger partial charge in [-0.05, 0) is 50.2 Å². The summed E-state index contributed by atoms with van der Waals surface area (Å²) < 4.78 is 39.5. The first-order chi connectivity index (χ1) is 16.0. The van der Waals surface area contributed by atoms with Crippen LogP contribution in [0.3, 0.4) is 0 Å². The quantitative estimate of drug-likeness (QED) is 0.335. The van der Waals surface area contributed by atoms with Crippen molar-refractivity contribution in [1.29, 1.82) is 0 Å². The smallest absolute Gasteiger partial charge is 0.260 e. The first-order valence-corrected chi connectivity index (χ1v) is 11.2. The Labute approximate surface area is 193 Å². The lowest BCUT2D eigenvalue weighted by Gasteiger charge is -2.20. The molecule has 1 amide bonds. The van der Waals surface area contributed by atoms with Gasteiger partial charge in [0, 0.05) is 17.8 Å². The number of hydrogen-bond donors (Lipinski definition) is 0. The van der Waals surface area contributed by atoms with Crippen LogP contribution in [0.1, 0.15) is 29.9 Å². The Kier molecular flexibility index (Phi) is 6.79. The minimum Gasteiger partial charge on any atom is -0.490 e. The van der Waals surface area contributed by atoms with Gasteiger partial charge in [-0.3, -0.25) is 14.7 Å². The van der Waals surface area contributed by atoms with Gasteiger partial charge in [-0.25, -0.2) is 13.8 Å². The predicted molar refractivity (Wildman–Crippen MR) is 123 cm³/mol. The molecule has 2 aromatic heterocycles. The molecule has 0 N–H and O–H groups in total. The molecule has 2 aromatic carbocycles. The monoisotopic (exact) mass is 469 g/mol. The second-order valence-electron chi connectivity index (χ2n) is 6.97. The standard InChI is InChI=1S/C24H21F2N3O3S/c1-3-31-19-9-8-15(11-20(19)32-4-2)23(30)29(14-17-7-5-6-10-27-17)24-28-22-18(26)12-16(25)13-21(22)33-24/h5-13H,3-4,14H2,1-2H3. The van der Waals surface area contributed by atoms with E-state index in [2.05, 4.69) is 9.97 Å².